The first kappa shape index (κ1) is 13.9. The van der Waals surface area contributed by atoms with Crippen molar-refractivity contribution in [1.29, 1.82) is 0 Å². The molecule has 96 valence electrons. The van der Waals surface area contributed by atoms with Crippen LogP contribution in [0.2, 0.25) is 0 Å². The Morgan fingerprint density at radius 2 is 1.81 bits per heavy atom. The molecule has 0 radical (unpaired) electrons. The van der Waals surface area contributed by atoms with E-state index in [9.17, 15) is 21.9 Å². The van der Waals surface area contributed by atoms with Crippen LogP contribution in [0.1, 0.15) is 25.7 Å². The van der Waals surface area contributed by atoms with Crippen molar-refractivity contribution in [2.75, 3.05) is 18.3 Å². The molecule has 0 heterocycles. The molecule has 16 heavy (non-hydrogen) atoms. The average molecular weight is 270 g/mol. The fraction of sp³-hybridized carbons (Fsp3) is 1.00. The molecule has 0 amide bonds. The van der Waals surface area contributed by atoms with E-state index in [1.807, 2.05) is 0 Å². The van der Waals surface area contributed by atoms with Gasteiger partial charge in [0.1, 0.15) is 9.84 Å². The molecule has 1 aliphatic carbocycles. The van der Waals surface area contributed by atoms with Crippen molar-refractivity contribution in [2.24, 2.45) is 0 Å². The summed E-state index contributed by atoms with van der Waals surface area (Å²) in [6, 6.07) is 0. The Bertz CT molecular complexity index is 450. The summed E-state index contributed by atoms with van der Waals surface area (Å²) in [6.07, 6.45) is 3.58. The lowest BCUT2D eigenvalue weighted by Crippen LogP contribution is -2.43. The summed E-state index contributed by atoms with van der Waals surface area (Å²) in [5, 5.41) is 9.39. The summed E-state index contributed by atoms with van der Waals surface area (Å²) < 4.78 is 45.0. The monoisotopic (exact) mass is 270 g/mol. The molecule has 0 bridgehead atoms. The lowest BCUT2D eigenvalue weighted by Gasteiger charge is -2.28. The van der Waals surface area contributed by atoms with Gasteiger partial charge < -0.3 is 5.11 Å². The smallest absolute Gasteiger partial charge is 0.153 e. The molecule has 1 N–H and O–H groups in total. The van der Waals surface area contributed by atoms with Crippen LogP contribution in [-0.4, -0.2) is 51.1 Å². The number of aliphatic hydroxyl groups is 1. The summed E-state index contributed by atoms with van der Waals surface area (Å²) in [5.41, 5.74) is -1.36. The second-order valence-electron chi connectivity index (χ2n) is 4.69. The number of hydrogen-bond donors (Lipinski definition) is 1. The normalized spacial score (nSPS) is 31.8. The molecular formula is C9H18O5S2. The minimum Gasteiger partial charge on any atom is -0.389 e. The van der Waals surface area contributed by atoms with E-state index in [2.05, 4.69) is 0 Å². The molecule has 1 saturated carbocycles. The number of hydrogen-bond acceptors (Lipinski definition) is 5. The zero-order valence-corrected chi connectivity index (χ0v) is 11.1. The van der Waals surface area contributed by atoms with Gasteiger partial charge in [-0.15, -0.1) is 0 Å². The molecule has 5 nitrogen and oxygen atoms in total. The molecule has 1 aliphatic rings. The Labute approximate surface area is 96.7 Å². The third-order valence-electron chi connectivity index (χ3n) is 3.10. The second kappa shape index (κ2) is 4.27. The maximum absolute atomic E-state index is 11.5. The van der Waals surface area contributed by atoms with Crippen molar-refractivity contribution in [3.63, 3.8) is 0 Å². The molecule has 0 saturated heterocycles. The lowest BCUT2D eigenvalue weighted by molar-refractivity contribution is 0.0477. The molecule has 2 atom stereocenters. The Balaban J connectivity index is 2.84. The zero-order valence-electron chi connectivity index (χ0n) is 9.51. The van der Waals surface area contributed by atoms with Gasteiger partial charge in [0, 0.05) is 12.5 Å². The lowest BCUT2D eigenvalue weighted by atomic mass is 9.99. The molecule has 0 spiro atoms. The average Bonchev–Trinajstić information content (AvgIpc) is 2.43. The van der Waals surface area contributed by atoms with E-state index in [-0.39, 0.29) is 12.2 Å². The van der Waals surface area contributed by atoms with Gasteiger partial charge in [-0.1, -0.05) is 0 Å². The minimum absolute atomic E-state index is 0.00354. The van der Waals surface area contributed by atoms with Gasteiger partial charge in [-0.2, -0.15) is 0 Å². The largest absolute Gasteiger partial charge is 0.389 e. The highest BCUT2D eigenvalue weighted by Gasteiger charge is 2.46. The minimum atomic E-state index is -3.32. The molecule has 0 aromatic rings. The Morgan fingerprint density at radius 1 is 1.25 bits per heavy atom. The summed E-state index contributed by atoms with van der Waals surface area (Å²) in [7, 11) is -6.50. The van der Waals surface area contributed by atoms with E-state index in [1.165, 1.54) is 0 Å². The Hall–Kier alpha value is -0.140. The van der Waals surface area contributed by atoms with Crippen LogP contribution in [0.25, 0.3) is 0 Å². The van der Waals surface area contributed by atoms with Gasteiger partial charge in [0.2, 0.25) is 0 Å². The molecule has 7 heteroatoms. The van der Waals surface area contributed by atoms with Crippen molar-refractivity contribution in [3.8, 4) is 0 Å². The van der Waals surface area contributed by atoms with Crippen LogP contribution >= 0.6 is 0 Å². The van der Waals surface area contributed by atoms with Gasteiger partial charge in [-0.3, -0.25) is 0 Å². The van der Waals surface area contributed by atoms with E-state index < -0.39 is 30.5 Å². The van der Waals surface area contributed by atoms with Crippen LogP contribution in [-0.2, 0) is 19.7 Å². The van der Waals surface area contributed by atoms with Crippen molar-refractivity contribution in [2.45, 2.75) is 36.5 Å². The van der Waals surface area contributed by atoms with E-state index >= 15 is 0 Å². The molecular weight excluding hydrogens is 252 g/mol. The van der Waals surface area contributed by atoms with Crippen LogP contribution in [0.3, 0.4) is 0 Å². The summed E-state index contributed by atoms with van der Waals surface area (Å²) >= 11 is 0. The van der Waals surface area contributed by atoms with Gasteiger partial charge in [-0.05, 0) is 25.7 Å². The highest BCUT2D eigenvalue weighted by molar-refractivity contribution is 7.91. The molecule has 0 aromatic carbocycles. The van der Waals surface area contributed by atoms with E-state index in [0.29, 0.717) is 19.3 Å². The Kier molecular flexibility index (Phi) is 3.71. The zero-order chi connectivity index (χ0) is 12.6. The van der Waals surface area contributed by atoms with Crippen LogP contribution in [0.15, 0.2) is 0 Å². The predicted molar refractivity (Wildman–Crippen MR) is 61.8 cm³/mol. The van der Waals surface area contributed by atoms with Crippen LogP contribution < -0.4 is 0 Å². The van der Waals surface area contributed by atoms with Crippen molar-refractivity contribution < 1.29 is 21.9 Å². The molecule has 2 unspecified atom stereocenters. The quantitative estimate of drug-likeness (QED) is 0.761. The fourth-order valence-electron chi connectivity index (χ4n) is 2.28. The topological polar surface area (TPSA) is 88.5 Å². The molecule has 1 fully saturated rings. The first-order chi connectivity index (χ1) is 7.05. The van der Waals surface area contributed by atoms with Crippen molar-refractivity contribution >= 4 is 19.7 Å². The van der Waals surface area contributed by atoms with E-state index in [1.54, 1.807) is 0 Å². The van der Waals surface area contributed by atoms with Crippen LogP contribution in [0, 0.1) is 0 Å². The van der Waals surface area contributed by atoms with Crippen LogP contribution in [0.4, 0.5) is 0 Å². The van der Waals surface area contributed by atoms with E-state index in [0.717, 1.165) is 12.5 Å². The van der Waals surface area contributed by atoms with Crippen molar-refractivity contribution in [1.82, 2.24) is 0 Å². The van der Waals surface area contributed by atoms with Gasteiger partial charge in [0.05, 0.1) is 16.6 Å². The van der Waals surface area contributed by atoms with Gasteiger partial charge in [0.25, 0.3) is 0 Å². The summed E-state index contributed by atoms with van der Waals surface area (Å²) in [4.78, 5) is 0. The molecule has 0 aliphatic heterocycles. The van der Waals surface area contributed by atoms with Gasteiger partial charge >= 0.3 is 0 Å². The fourth-order valence-corrected chi connectivity index (χ4v) is 4.64. The summed E-state index contributed by atoms with van der Waals surface area (Å²) in [6.45, 7) is 0. The first-order valence-electron chi connectivity index (χ1n) is 5.14. The molecule has 1 rings (SSSR count). The van der Waals surface area contributed by atoms with Crippen molar-refractivity contribution in [3.05, 3.63) is 0 Å². The SMILES string of the molecule is CS(=O)(=O)CCC1(O)CCCC1S(C)(=O)=O. The van der Waals surface area contributed by atoms with Crippen LogP contribution in [0.5, 0.6) is 0 Å². The van der Waals surface area contributed by atoms with Gasteiger partial charge in [-0.25, -0.2) is 16.8 Å². The third kappa shape index (κ3) is 3.43. The maximum Gasteiger partial charge on any atom is 0.153 e. The highest BCUT2D eigenvalue weighted by atomic mass is 32.2. The third-order valence-corrected chi connectivity index (χ3v) is 5.75. The maximum atomic E-state index is 11.5. The summed E-state index contributed by atoms with van der Waals surface area (Å²) in [5.74, 6) is -0.171. The first-order valence-corrected chi connectivity index (χ1v) is 9.15. The van der Waals surface area contributed by atoms with Gasteiger partial charge in [0.15, 0.2) is 9.84 Å². The number of sulfone groups is 2. The predicted octanol–water partition coefficient (Wildman–Crippen LogP) is -0.251. The van der Waals surface area contributed by atoms with E-state index in [4.69, 9.17) is 0 Å². The number of rotatable bonds is 4. The highest BCUT2D eigenvalue weighted by Crippen LogP contribution is 2.37. The Morgan fingerprint density at radius 3 is 2.25 bits per heavy atom. The molecule has 0 aromatic heterocycles. The second-order valence-corrected chi connectivity index (χ2v) is 9.18. The standard InChI is InChI=1S/C9H18O5S2/c1-15(11,12)7-6-9(10)5-3-4-8(9)16(2,13)14/h8,10H,3-7H2,1-2H3.